The third-order valence-electron chi connectivity index (χ3n) is 3.55. The molecule has 0 bridgehead atoms. The first kappa shape index (κ1) is 15.8. The van der Waals surface area contributed by atoms with Gasteiger partial charge in [-0.25, -0.2) is 8.42 Å². The summed E-state index contributed by atoms with van der Waals surface area (Å²) in [5, 5.41) is 2.82. The van der Waals surface area contributed by atoms with E-state index in [9.17, 15) is 13.2 Å². The number of amides is 1. The Kier molecular flexibility index (Phi) is 4.47. The SMILES string of the molecule is Cc1cc(C(=O)NCC2CC2C)cc(S(=O)(=O)Cl)c1Br. The molecule has 1 N–H and O–H groups in total. The second-order valence-electron chi connectivity index (χ2n) is 5.23. The number of halogens is 2. The van der Waals surface area contributed by atoms with Gasteiger partial charge >= 0.3 is 0 Å². The predicted octanol–water partition coefficient (Wildman–Crippen LogP) is 3.07. The van der Waals surface area contributed by atoms with Crippen molar-refractivity contribution in [2.75, 3.05) is 6.54 Å². The smallest absolute Gasteiger partial charge is 0.262 e. The van der Waals surface area contributed by atoms with Crippen LogP contribution in [0.15, 0.2) is 21.5 Å². The van der Waals surface area contributed by atoms with Crippen LogP contribution in [0, 0.1) is 18.8 Å². The molecule has 1 aromatic carbocycles. The van der Waals surface area contributed by atoms with Gasteiger partial charge in [-0.05, 0) is 58.8 Å². The molecule has 1 saturated carbocycles. The number of carbonyl (C=O) groups is 1. The van der Waals surface area contributed by atoms with Gasteiger partial charge in [-0.2, -0.15) is 0 Å². The van der Waals surface area contributed by atoms with Crippen LogP contribution < -0.4 is 5.32 Å². The van der Waals surface area contributed by atoms with Crippen molar-refractivity contribution in [2.45, 2.75) is 25.2 Å². The summed E-state index contributed by atoms with van der Waals surface area (Å²) in [7, 11) is 1.49. The number of benzene rings is 1. The largest absolute Gasteiger partial charge is 0.352 e. The number of aryl methyl sites for hydroxylation is 1. The zero-order valence-corrected chi connectivity index (χ0v) is 14.3. The van der Waals surface area contributed by atoms with Gasteiger partial charge < -0.3 is 5.32 Å². The highest BCUT2D eigenvalue weighted by Gasteiger charge is 2.32. The second kappa shape index (κ2) is 5.66. The van der Waals surface area contributed by atoms with Crippen LogP contribution in [-0.2, 0) is 9.05 Å². The Morgan fingerprint density at radius 3 is 2.60 bits per heavy atom. The van der Waals surface area contributed by atoms with Crippen LogP contribution >= 0.6 is 26.6 Å². The minimum absolute atomic E-state index is 0.0795. The zero-order valence-electron chi connectivity index (χ0n) is 11.1. The van der Waals surface area contributed by atoms with Gasteiger partial charge in [-0.15, -0.1) is 0 Å². The molecule has 2 atom stereocenters. The predicted molar refractivity (Wildman–Crippen MR) is 81.5 cm³/mol. The summed E-state index contributed by atoms with van der Waals surface area (Å²) in [6, 6.07) is 2.94. The van der Waals surface area contributed by atoms with Crippen molar-refractivity contribution in [1.29, 1.82) is 0 Å². The molecule has 0 spiro atoms. The average Bonchev–Trinajstić information content (AvgIpc) is 3.04. The molecule has 0 aromatic heterocycles. The van der Waals surface area contributed by atoms with E-state index in [0.29, 0.717) is 34.0 Å². The van der Waals surface area contributed by atoms with Gasteiger partial charge in [0.25, 0.3) is 15.0 Å². The molecular weight excluding hydrogens is 366 g/mol. The van der Waals surface area contributed by atoms with E-state index in [1.165, 1.54) is 6.07 Å². The van der Waals surface area contributed by atoms with E-state index < -0.39 is 9.05 Å². The lowest BCUT2D eigenvalue weighted by atomic mass is 10.1. The Bertz CT molecular complexity index is 660. The third kappa shape index (κ3) is 3.54. The van der Waals surface area contributed by atoms with Crippen molar-refractivity contribution in [3.8, 4) is 0 Å². The number of nitrogens with one attached hydrogen (secondary N) is 1. The van der Waals surface area contributed by atoms with Crippen LogP contribution in [0.4, 0.5) is 0 Å². The summed E-state index contributed by atoms with van der Waals surface area (Å²) in [4.78, 5) is 12.0. The molecule has 7 heteroatoms. The third-order valence-corrected chi connectivity index (χ3v) is 6.21. The molecule has 0 aliphatic heterocycles. The Balaban J connectivity index is 2.23. The Morgan fingerprint density at radius 2 is 2.10 bits per heavy atom. The first-order valence-corrected chi connectivity index (χ1v) is 9.33. The van der Waals surface area contributed by atoms with Gasteiger partial charge in [0.05, 0.1) is 4.90 Å². The van der Waals surface area contributed by atoms with E-state index in [0.717, 1.165) is 6.42 Å². The molecule has 1 aromatic rings. The van der Waals surface area contributed by atoms with E-state index in [-0.39, 0.29) is 10.8 Å². The van der Waals surface area contributed by atoms with Crippen LogP contribution in [-0.4, -0.2) is 20.9 Å². The second-order valence-corrected chi connectivity index (χ2v) is 8.55. The Hall–Kier alpha value is -0.590. The van der Waals surface area contributed by atoms with Gasteiger partial charge in [0.15, 0.2) is 0 Å². The van der Waals surface area contributed by atoms with Gasteiger partial charge in [0.2, 0.25) is 0 Å². The van der Waals surface area contributed by atoms with Crippen LogP contribution in [0.2, 0.25) is 0 Å². The first-order valence-electron chi connectivity index (χ1n) is 6.23. The van der Waals surface area contributed by atoms with Gasteiger partial charge in [0, 0.05) is 27.3 Å². The molecule has 4 nitrogen and oxygen atoms in total. The van der Waals surface area contributed by atoms with E-state index in [1.54, 1.807) is 13.0 Å². The van der Waals surface area contributed by atoms with Crippen LogP contribution in [0.5, 0.6) is 0 Å². The fourth-order valence-electron chi connectivity index (χ4n) is 2.06. The van der Waals surface area contributed by atoms with Crippen LogP contribution in [0.1, 0.15) is 29.3 Å². The molecular formula is C13H15BrClNO3S. The molecule has 110 valence electrons. The fourth-order valence-corrected chi connectivity index (χ4v) is 4.21. The number of carbonyl (C=O) groups excluding carboxylic acids is 1. The van der Waals surface area contributed by atoms with Crippen LogP contribution in [0.3, 0.4) is 0 Å². The molecule has 20 heavy (non-hydrogen) atoms. The van der Waals surface area contributed by atoms with E-state index >= 15 is 0 Å². The molecule has 0 heterocycles. The minimum Gasteiger partial charge on any atom is -0.352 e. The Morgan fingerprint density at radius 1 is 1.50 bits per heavy atom. The van der Waals surface area contributed by atoms with Gasteiger partial charge in [0.1, 0.15) is 0 Å². The van der Waals surface area contributed by atoms with Crippen LogP contribution in [0.25, 0.3) is 0 Å². The van der Waals surface area contributed by atoms with Crippen molar-refractivity contribution in [2.24, 2.45) is 11.8 Å². The van der Waals surface area contributed by atoms with Crippen molar-refractivity contribution in [1.82, 2.24) is 5.32 Å². The highest BCUT2D eigenvalue weighted by molar-refractivity contribution is 9.10. The van der Waals surface area contributed by atoms with Crippen molar-refractivity contribution in [3.05, 3.63) is 27.7 Å². The molecule has 1 amide bonds. The number of hydrogen-bond donors (Lipinski definition) is 1. The quantitative estimate of drug-likeness (QED) is 0.817. The average molecular weight is 381 g/mol. The molecule has 1 fully saturated rings. The fraction of sp³-hybridized carbons (Fsp3) is 0.462. The maximum Gasteiger partial charge on any atom is 0.262 e. The molecule has 0 radical (unpaired) electrons. The van der Waals surface area contributed by atoms with Crippen molar-refractivity contribution >= 4 is 41.6 Å². The van der Waals surface area contributed by atoms with Crippen molar-refractivity contribution < 1.29 is 13.2 Å². The Labute approximate surface area is 131 Å². The minimum atomic E-state index is -3.89. The highest BCUT2D eigenvalue weighted by Crippen LogP contribution is 2.36. The topological polar surface area (TPSA) is 63.2 Å². The highest BCUT2D eigenvalue weighted by atomic mass is 79.9. The van der Waals surface area contributed by atoms with E-state index in [1.807, 2.05) is 0 Å². The van der Waals surface area contributed by atoms with E-state index in [4.69, 9.17) is 10.7 Å². The number of hydrogen-bond acceptors (Lipinski definition) is 3. The van der Waals surface area contributed by atoms with Crippen molar-refractivity contribution in [3.63, 3.8) is 0 Å². The molecule has 0 saturated heterocycles. The lowest BCUT2D eigenvalue weighted by Crippen LogP contribution is -2.26. The summed E-state index contributed by atoms with van der Waals surface area (Å²) in [5.41, 5.74) is 0.954. The first-order chi connectivity index (χ1) is 9.20. The maximum atomic E-state index is 12.1. The lowest BCUT2D eigenvalue weighted by molar-refractivity contribution is 0.0951. The summed E-state index contributed by atoms with van der Waals surface area (Å²) in [6.45, 7) is 4.48. The monoisotopic (exact) mass is 379 g/mol. The lowest BCUT2D eigenvalue weighted by Gasteiger charge is -2.09. The summed E-state index contributed by atoms with van der Waals surface area (Å²) >= 11 is 3.18. The molecule has 2 unspecified atom stereocenters. The summed E-state index contributed by atoms with van der Waals surface area (Å²) < 4.78 is 23.4. The molecule has 2 rings (SSSR count). The summed E-state index contributed by atoms with van der Waals surface area (Å²) in [6.07, 6.45) is 1.13. The zero-order chi connectivity index (χ0) is 15.1. The number of rotatable bonds is 4. The van der Waals surface area contributed by atoms with Gasteiger partial charge in [-0.1, -0.05) is 6.92 Å². The van der Waals surface area contributed by atoms with Gasteiger partial charge in [-0.3, -0.25) is 4.79 Å². The standard InChI is InChI=1S/C13H15BrClNO3S/c1-7-3-10(7)6-16-13(17)9-4-8(2)12(14)11(5-9)20(15,18)19/h4-5,7,10H,3,6H2,1-2H3,(H,16,17). The van der Waals surface area contributed by atoms with E-state index in [2.05, 4.69) is 28.2 Å². The normalized spacial score (nSPS) is 21.6. The summed E-state index contributed by atoms with van der Waals surface area (Å²) in [5.74, 6) is 0.911. The molecule has 1 aliphatic carbocycles. The maximum absolute atomic E-state index is 12.1. The molecule has 1 aliphatic rings.